The molecule has 4 saturated carbocycles. The van der Waals surface area contributed by atoms with Gasteiger partial charge in [-0.2, -0.15) is 0 Å². The van der Waals surface area contributed by atoms with Crippen LogP contribution in [0.1, 0.15) is 78.6 Å². The molecule has 128 valence electrons. The SMILES string of the molecule is CC[C@H]1CC[C@H]2[C@@H]3CCC4CCC(=O)C(=O)[C@]4(C)[C@H]3CC[C@]12C. The molecule has 0 radical (unpaired) electrons. The lowest BCUT2D eigenvalue weighted by molar-refractivity contribution is -0.163. The average molecular weight is 316 g/mol. The molecule has 0 amide bonds. The van der Waals surface area contributed by atoms with Crippen LogP contribution in [-0.4, -0.2) is 11.6 Å². The molecule has 1 unspecified atom stereocenters. The highest BCUT2D eigenvalue weighted by molar-refractivity contribution is 6.39. The van der Waals surface area contributed by atoms with Crippen molar-refractivity contribution < 1.29 is 9.59 Å². The number of hydrogen-bond acceptors (Lipinski definition) is 2. The van der Waals surface area contributed by atoms with Crippen LogP contribution in [0.3, 0.4) is 0 Å². The standard InChI is InChI=1S/C21H32O2/c1-4-13-6-9-16-15-8-5-14-7-10-18(22)19(23)21(14,3)17(15)11-12-20(13,16)2/h13-17H,4-12H2,1-3H3/t13-,14?,15-,16-,17-,20+,21-/m0/s1. The minimum absolute atomic E-state index is 0.00269. The van der Waals surface area contributed by atoms with Gasteiger partial charge in [-0.25, -0.2) is 0 Å². The van der Waals surface area contributed by atoms with Crippen molar-refractivity contribution in [1.82, 2.24) is 0 Å². The van der Waals surface area contributed by atoms with Gasteiger partial charge >= 0.3 is 0 Å². The van der Waals surface area contributed by atoms with Crippen molar-refractivity contribution in [1.29, 1.82) is 0 Å². The molecule has 0 N–H and O–H groups in total. The fraction of sp³-hybridized carbons (Fsp3) is 0.905. The second-order valence-corrected chi connectivity index (χ2v) is 9.45. The van der Waals surface area contributed by atoms with Crippen molar-refractivity contribution in [2.45, 2.75) is 78.6 Å². The Labute approximate surface area is 140 Å². The summed E-state index contributed by atoms with van der Waals surface area (Å²) in [7, 11) is 0. The zero-order valence-corrected chi connectivity index (χ0v) is 15.1. The summed E-state index contributed by atoms with van der Waals surface area (Å²) in [4.78, 5) is 25.0. The van der Waals surface area contributed by atoms with Crippen LogP contribution in [0.15, 0.2) is 0 Å². The smallest absolute Gasteiger partial charge is 0.204 e. The third-order valence-electron chi connectivity index (χ3n) is 9.06. The van der Waals surface area contributed by atoms with E-state index in [1.54, 1.807) is 0 Å². The average Bonchev–Trinajstić information content (AvgIpc) is 2.88. The van der Waals surface area contributed by atoms with E-state index in [-0.39, 0.29) is 17.0 Å². The van der Waals surface area contributed by atoms with Crippen LogP contribution in [0.2, 0.25) is 0 Å². The van der Waals surface area contributed by atoms with Gasteiger partial charge in [0.05, 0.1) is 0 Å². The lowest BCUT2D eigenvalue weighted by Crippen LogP contribution is -2.58. The summed E-state index contributed by atoms with van der Waals surface area (Å²) in [6.45, 7) is 7.06. The molecule has 0 aromatic heterocycles. The summed E-state index contributed by atoms with van der Waals surface area (Å²) < 4.78 is 0. The minimum atomic E-state index is -0.329. The van der Waals surface area contributed by atoms with Gasteiger partial charge < -0.3 is 0 Å². The van der Waals surface area contributed by atoms with Gasteiger partial charge in [-0.15, -0.1) is 0 Å². The molecule has 0 aromatic rings. The molecule has 4 aliphatic rings. The van der Waals surface area contributed by atoms with Gasteiger partial charge in [0.15, 0.2) is 5.78 Å². The first-order chi connectivity index (χ1) is 10.9. The van der Waals surface area contributed by atoms with Gasteiger partial charge in [0.25, 0.3) is 0 Å². The number of fused-ring (bicyclic) bond motifs is 5. The zero-order valence-electron chi connectivity index (χ0n) is 15.1. The quantitative estimate of drug-likeness (QED) is 0.651. The van der Waals surface area contributed by atoms with E-state index in [1.165, 1.54) is 44.9 Å². The molecule has 4 aliphatic carbocycles. The van der Waals surface area contributed by atoms with Crippen molar-refractivity contribution >= 4 is 11.6 Å². The maximum absolute atomic E-state index is 12.9. The van der Waals surface area contributed by atoms with Crippen LogP contribution in [-0.2, 0) is 9.59 Å². The Hall–Kier alpha value is -0.660. The highest BCUT2D eigenvalue weighted by Gasteiger charge is 2.62. The van der Waals surface area contributed by atoms with Gasteiger partial charge in [-0.1, -0.05) is 27.2 Å². The normalized spacial score (nSPS) is 52.7. The molecule has 2 nitrogen and oxygen atoms in total. The van der Waals surface area contributed by atoms with Crippen LogP contribution in [0.4, 0.5) is 0 Å². The van der Waals surface area contributed by atoms with E-state index in [2.05, 4.69) is 20.8 Å². The van der Waals surface area contributed by atoms with E-state index in [0.29, 0.717) is 29.6 Å². The Kier molecular flexibility index (Phi) is 3.56. The number of ketones is 2. The molecule has 23 heavy (non-hydrogen) atoms. The fourth-order valence-corrected chi connectivity index (χ4v) is 7.73. The van der Waals surface area contributed by atoms with Gasteiger partial charge in [0, 0.05) is 11.8 Å². The first kappa shape index (κ1) is 15.8. The van der Waals surface area contributed by atoms with Crippen molar-refractivity contribution in [2.75, 3.05) is 0 Å². The Morgan fingerprint density at radius 2 is 1.74 bits per heavy atom. The summed E-state index contributed by atoms with van der Waals surface area (Å²) in [6, 6.07) is 0. The summed E-state index contributed by atoms with van der Waals surface area (Å²) in [5, 5.41) is 0. The molecule has 4 rings (SSSR count). The van der Waals surface area contributed by atoms with Gasteiger partial charge in [0.1, 0.15) is 0 Å². The topological polar surface area (TPSA) is 34.1 Å². The molecule has 0 saturated heterocycles. The molecule has 0 bridgehead atoms. The van der Waals surface area contributed by atoms with Gasteiger partial charge in [-0.3, -0.25) is 9.59 Å². The fourth-order valence-electron chi connectivity index (χ4n) is 7.73. The Balaban J connectivity index is 1.68. The molecule has 0 aliphatic heterocycles. The highest BCUT2D eigenvalue weighted by atomic mass is 16.2. The van der Waals surface area contributed by atoms with Crippen LogP contribution in [0.5, 0.6) is 0 Å². The second-order valence-electron chi connectivity index (χ2n) is 9.45. The highest BCUT2D eigenvalue weighted by Crippen LogP contribution is 2.66. The number of Topliss-reactive ketones (excluding diaryl/α,β-unsaturated/α-hetero) is 2. The van der Waals surface area contributed by atoms with Crippen molar-refractivity contribution in [3.63, 3.8) is 0 Å². The third kappa shape index (κ3) is 1.93. The second kappa shape index (κ2) is 5.17. The first-order valence-electron chi connectivity index (χ1n) is 10.0. The van der Waals surface area contributed by atoms with E-state index in [9.17, 15) is 9.59 Å². The molecule has 0 spiro atoms. The molecular weight excluding hydrogens is 284 g/mol. The lowest BCUT2D eigenvalue weighted by Gasteiger charge is -2.59. The maximum atomic E-state index is 12.9. The molecule has 4 fully saturated rings. The number of rotatable bonds is 1. The Bertz CT molecular complexity index is 538. The lowest BCUT2D eigenvalue weighted by atomic mass is 9.44. The van der Waals surface area contributed by atoms with Crippen LogP contribution >= 0.6 is 0 Å². The molecule has 2 heteroatoms. The zero-order chi connectivity index (χ0) is 16.4. The Morgan fingerprint density at radius 3 is 2.48 bits per heavy atom. The number of carbonyl (C=O) groups excluding carboxylic acids is 2. The number of hydrogen-bond donors (Lipinski definition) is 0. The minimum Gasteiger partial charge on any atom is -0.291 e. The van der Waals surface area contributed by atoms with Crippen molar-refractivity contribution in [3.05, 3.63) is 0 Å². The monoisotopic (exact) mass is 316 g/mol. The first-order valence-corrected chi connectivity index (χ1v) is 10.0. The molecule has 0 heterocycles. The molecule has 0 aromatic carbocycles. The van der Waals surface area contributed by atoms with E-state index in [1.807, 2.05) is 0 Å². The van der Waals surface area contributed by atoms with E-state index < -0.39 is 0 Å². The predicted octanol–water partition coefficient (Wildman–Crippen LogP) is 4.80. The van der Waals surface area contributed by atoms with Crippen LogP contribution in [0, 0.1) is 40.4 Å². The summed E-state index contributed by atoms with van der Waals surface area (Å²) in [6.07, 6.45) is 10.5. The van der Waals surface area contributed by atoms with E-state index in [0.717, 1.165) is 18.3 Å². The van der Waals surface area contributed by atoms with Gasteiger partial charge in [0.2, 0.25) is 5.78 Å². The van der Waals surface area contributed by atoms with E-state index in [4.69, 9.17) is 0 Å². The van der Waals surface area contributed by atoms with Crippen molar-refractivity contribution in [3.8, 4) is 0 Å². The van der Waals surface area contributed by atoms with Crippen molar-refractivity contribution in [2.24, 2.45) is 40.4 Å². The van der Waals surface area contributed by atoms with Gasteiger partial charge in [-0.05, 0) is 80.0 Å². The third-order valence-corrected chi connectivity index (χ3v) is 9.06. The predicted molar refractivity (Wildman–Crippen MR) is 90.9 cm³/mol. The maximum Gasteiger partial charge on any atom is 0.204 e. The van der Waals surface area contributed by atoms with Crippen LogP contribution in [0.25, 0.3) is 0 Å². The summed E-state index contributed by atoms with van der Waals surface area (Å²) in [5.74, 6) is 3.25. The Morgan fingerprint density at radius 1 is 0.957 bits per heavy atom. The molecular formula is C21H32O2. The summed E-state index contributed by atoms with van der Waals surface area (Å²) in [5.41, 5.74) is 0.171. The molecule has 7 atom stereocenters. The number of carbonyl (C=O) groups is 2. The largest absolute Gasteiger partial charge is 0.291 e. The van der Waals surface area contributed by atoms with Crippen LogP contribution < -0.4 is 0 Å². The van der Waals surface area contributed by atoms with E-state index >= 15 is 0 Å². The summed E-state index contributed by atoms with van der Waals surface area (Å²) >= 11 is 0.